The number of hydrogen-bond acceptors (Lipinski definition) is 4. The van der Waals surface area contributed by atoms with E-state index in [0.717, 1.165) is 4.90 Å². The highest BCUT2D eigenvalue weighted by molar-refractivity contribution is 9.10. The third-order valence-corrected chi connectivity index (χ3v) is 4.43. The van der Waals surface area contributed by atoms with Crippen LogP contribution < -0.4 is 10.2 Å². The molecule has 2 N–H and O–H groups in total. The third-order valence-electron chi connectivity index (χ3n) is 3.48. The summed E-state index contributed by atoms with van der Waals surface area (Å²) in [5.41, 5.74) is 0.450. The Labute approximate surface area is 155 Å². The van der Waals surface area contributed by atoms with E-state index in [2.05, 4.69) is 21.2 Å². The molecule has 0 spiro atoms. The molecule has 1 aliphatic heterocycles. The van der Waals surface area contributed by atoms with Crippen LogP contribution in [0.15, 0.2) is 52.5 Å². The number of carbonyl (C=O) groups excluding carboxylic acids is 3. The predicted molar refractivity (Wildman–Crippen MR) is 96.3 cm³/mol. The van der Waals surface area contributed by atoms with Crippen LogP contribution in [0.25, 0.3) is 6.08 Å². The molecule has 2 aromatic rings. The lowest BCUT2D eigenvalue weighted by Crippen LogP contribution is -2.54. The standard InChI is InChI=1S/C17H10BrClN2O4/c18-11-8-9(5-6-14(11)22)7-10-15(23)20-17(25)21(16(10)24)13-4-2-1-3-12(13)19/h1-8,22H,(H,20,23,25)/b10-7-. The van der Waals surface area contributed by atoms with Crippen molar-refractivity contribution in [2.45, 2.75) is 0 Å². The van der Waals surface area contributed by atoms with Gasteiger partial charge in [0.1, 0.15) is 11.3 Å². The van der Waals surface area contributed by atoms with Gasteiger partial charge in [0.15, 0.2) is 0 Å². The van der Waals surface area contributed by atoms with Gasteiger partial charge in [-0.15, -0.1) is 0 Å². The quantitative estimate of drug-likeness (QED) is 0.574. The lowest BCUT2D eigenvalue weighted by molar-refractivity contribution is -0.122. The molecule has 0 bridgehead atoms. The van der Waals surface area contributed by atoms with Gasteiger partial charge in [-0.1, -0.05) is 29.8 Å². The molecule has 126 valence electrons. The zero-order valence-electron chi connectivity index (χ0n) is 12.5. The number of rotatable bonds is 2. The number of benzene rings is 2. The van der Waals surface area contributed by atoms with E-state index in [1.165, 1.54) is 30.3 Å². The Hall–Kier alpha value is -2.64. The zero-order chi connectivity index (χ0) is 18.1. The number of barbiturate groups is 1. The summed E-state index contributed by atoms with van der Waals surface area (Å²) in [7, 11) is 0. The van der Waals surface area contributed by atoms with Crippen molar-refractivity contribution in [3.63, 3.8) is 0 Å². The molecule has 0 aromatic heterocycles. The first-order chi connectivity index (χ1) is 11.9. The van der Waals surface area contributed by atoms with E-state index in [-0.39, 0.29) is 22.0 Å². The molecule has 0 atom stereocenters. The van der Waals surface area contributed by atoms with Crippen molar-refractivity contribution < 1.29 is 19.5 Å². The first-order valence-corrected chi connectivity index (χ1v) is 8.20. The fourth-order valence-corrected chi connectivity index (χ4v) is 2.91. The number of aromatic hydroxyl groups is 1. The number of imide groups is 2. The number of hydrogen-bond donors (Lipinski definition) is 2. The second-order valence-electron chi connectivity index (χ2n) is 5.12. The summed E-state index contributed by atoms with van der Waals surface area (Å²) in [4.78, 5) is 37.7. The number of urea groups is 1. The molecule has 4 amide bonds. The van der Waals surface area contributed by atoms with Gasteiger partial charge in [0.2, 0.25) is 0 Å². The number of phenolic OH excluding ortho intramolecular Hbond substituents is 1. The van der Waals surface area contributed by atoms with Gasteiger partial charge in [-0.25, -0.2) is 9.69 Å². The van der Waals surface area contributed by atoms with Crippen LogP contribution in [0.5, 0.6) is 5.75 Å². The van der Waals surface area contributed by atoms with Gasteiger partial charge in [0, 0.05) is 0 Å². The molecule has 6 nitrogen and oxygen atoms in total. The van der Waals surface area contributed by atoms with Crippen molar-refractivity contribution in [2.24, 2.45) is 0 Å². The number of nitrogens with zero attached hydrogens (tertiary/aromatic N) is 1. The fraction of sp³-hybridized carbons (Fsp3) is 0. The Balaban J connectivity index is 2.05. The minimum atomic E-state index is -0.868. The largest absolute Gasteiger partial charge is 0.507 e. The van der Waals surface area contributed by atoms with Crippen LogP contribution in [0.2, 0.25) is 5.02 Å². The Morgan fingerprint density at radius 2 is 1.84 bits per heavy atom. The highest BCUT2D eigenvalue weighted by Crippen LogP contribution is 2.30. The van der Waals surface area contributed by atoms with Gasteiger partial charge in [-0.2, -0.15) is 0 Å². The molecular formula is C17H10BrClN2O4. The lowest BCUT2D eigenvalue weighted by atomic mass is 10.1. The van der Waals surface area contributed by atoms with E-state index in [0.29, 0.717) is 10.0 Å². The van der Waals surface area contributed by atoms with Crippen molar-refractivity contribution in [1.82, 2.24) is 5.32 Å². The van der Waals surface area contributed by atoms with E-state index >= 15 is 0 Å². The number of phenols is 1. The molecular weight excluding hydrogens is 412 g/mol. The summed E-state index contributed by atoms with van der Waals surface area (Å²) in [6.07, 6.45) is 1.33. The Morgan fingerprint density at radius 1 is 1.12 bits per heavy atom. The molecule has 0 saturated carbocycles. The van der Waals surface area contributed by atoms with Crippen LogP contribution in [-0.4, -0.2) is 23.0 Å². The average molecular weight is 422 g/mol. The lowest BCUT2D eigenvalue weighted by Gasteiger charge is -2.27. The van der Waals surface area contributed by atoms with Gasteiger partial charge >= 0.3 is 6.03 Å². The normalized spacial score (nSPS) is 16.3. The average Bonchev–Trinajstić information content (AvgIpc) is 2.56. The summed E-state index contributed by atoms with van der Waals surface area (Å²) in [5.74, 6) is -1.57. The Bertz CT molecular complexity index is 942. The molecule has 0 unspecified atom stereocenters. The predicted octanol–water partition coefficient (Wildman–Crippen LogP) is 3.47. The first-order valence-electron chi connectivity index (χ1n) is 7.03. The number of amides is 4. The molecule has 3 rings (SSSR count). The number of halogens is 2. The Morgan fingerprint density at radius 3 is 2.52 bits per heavy atom. The topological polar surface area (TPSA) is 86.7 Å². The smallest absolute Gasteiger partial charge is 0.335 e. The second-order valence-corrected chi connectivity index (χ2v) is 6.38. The van der Waals surface area contributed by atoms with E-state index in [1.54, 1.807) is 18.2 Å². The molecule has 0 radical (unpaired) electrons. The van der Waals surface area contributed by atoms with E-state index in [9.17, 15) is 19.5 Å². The van der Waals surface area contributed by atoms with Crippen molar-refractivity contribution in [3.8, 4) is 5.75 Å². The number of carbonyl (C=O) groups is 3. The molecule has 1 saturated heterocycles. The molecule has 1 aliphatic rings. The SMILES string of the molecule is O=C1NC(=O)N(c2ccccc2Cl)C(=O)/C1=C\c1ccc(O)c(Br)c1. The van der Waals surface area contributed by atoms with Crippen LogP contribution >= 0.6 is 27.5 Å². The van der Waals surface area contributed by atoms with Crippen molar-refractivity contribution in [1.29, 1.82) is 0 Å². The maximum absolute atomic E-state index is 12.7. The van der Waals surface area contributed by atoms with E-state index in [1.807, 2.05) is 0 Å². The minimum absolute atomic E-state index is 0.0226. The number of nitrogens with one attached hydrogen (secondary N) is 1. The molecule has 25 heavy (non-hydrogen) atoms. The summed E-state index contributed by atoms with van der Waals surface area (Å²) >= 11 is 9.22. The third kappa shape index (κ3) is 3.29. The van der Waals surface area contributed by atoms with Gasteiger partial charge in [0.25, 0.3) is 11.8 Å². The van der Waals surface area contributed by atoms with Crippen LogP contribution in [-0.2, 0) is 9.59 Å². The Kier molecular flexibility index (Phi) is 4.61. The summed E-state index contributed by atoms with van der Waals surface area (Å²) in [6.45, 7) is 0. The minimum Gasteiger partial charge on any atom is -0.507 e. The molecule has 0 aliphatic carbocycles. The highest BCUT2D eigenvalue weighted by Gasteiger charge is 2.37. The molecule has 2 aromatic carbocycles. The van der Waals surface area contributed by atoms with Crippen molar-refractivity contribution >= 4 is 57.1 Å². The summed E-state index contributed by atoms with van der Waals surface area (Å²) in [5, 5.41) is 11.9. The summed E-state index contributed by atoms with van der Waals surface area (Å²) < 4.78 is 0.407. The van der Waals surface area contributed by atoms with Crippen LogP contribution in [0.4, 0.5) is 10.5 Å². The van der Waals surface area contributed by atoms with Crippen LogP contribution in [0.1, 0.15) is 5.56 Å². The first kappa shape index (κ1) is 17.2. The van der Waals surface area contributed by atoms with Gasteiger partial charge in [-0.3, -0.25) is 14.9 Å². The molecule has 1 heterocycles. The van der Waals surface area contributed by atoms with Crippen molar-refractivity contribution in [2.75, 3.05) is 4.90 Å². The van der Waals surface area contributed by atoms with E-state index < -0.39 is 17.8 Å². The van der Waals surface area contributed by atoms with Gasteiger partial charge in [-0.05, 0) is 51.8 Å². The molecule has 8 heteroatoms. The van der Waals surface area contributed by atoms with Crippen LogP contribution in [0, 0.1) is 0 Å². The van der Waals surface area contributed by atoms with Crippen LogP contribution in [0.3, 0.4) is 0 Å². The van der Waals surface area contributed by atoms with Gasteiger partial charge < -0.3 is 5.11 Å². The number of para-hydroxylation sites is 1. The maximum atomic E-state index is 12.7. The van der Waals surface area contributed by atoms with Gasteiger partial charge in [0.05, 0.1) is 15.2 Å². The summed E-state index contributed by atoms with van der Waals surface area (Å²) in [6, 6.07) is 9.94. The monoisotopic (exact) mass is 420 g/mol. The molecule has 1 fully saturated rings. The maximum Gasteiger partial charge on any atom is 0.335 e. The van der Waals surface area contributed by atoms with Crippen molar-refractivity contribution in [3.05, 3.63) is 63.1 Å². The fourth-order valence-electron chi connectivity index (χ4n) is 2.29. The number of anilines is 1. The highest BCUT2D eigenvalue weighted by atomic mass is 79.9. The van der Waals surface area contributed by atoms with E-state index in [4.69, 9.17) is 11.6 Å². The zero-order valence-corrected chi connectivity index (χ0v) is 14.8. The second kappa shape index (κ2) is 6.70.